The van der Waals surface area contributed by atoms with Gasteiger partial charge in [0.15, 0.2) is 0 Å². The first-order valence-corrected chi connectivity index (χ1v) is 6.39. The zero-order chi connectivity index (χ0) is 12.7. The van der Waals surface area contributed by atoms with E-state index in [0.29, 0.717) is 6.61 Å². The van der Waals surface area contributed by atoms with E-state index in [1.165, 1.54) is 0 Å². The maximum atomic E-state index is 5.53. The number of hydrazine groups is 1. The summed E-state index contributed by atoms with van der Waals surface area (Å²) in [6.45, 7) is 3.38. The second-order valence-corrected chi connectivity index (χ2v) is 4.54. The summed E-state index contributed by atoms with van der Waals surface area (Å²) >= 11 is 3.45. The lowest BCUT2D eigenvalue weighted by Crippen LogP contribution is -2.31. The topological polar surface area (TPSA) is 56.5 Å². The normalized spacial score (nSPS) is 12.5. The van der Waals surface area contributed by atoms with Crippen LogP contribution in [0, 0.1) is 0 Å². The second kappa shape index (κ2) is 7.66. The van der Waals surface area contributed by atoms with Crippen LogP contribution in [0.25, 0.3) is 0 Å². The van der Waals surface area contributed by atoms with E-state index in [1.54, 1.807) is 7.11 Å². The van der Waals surface area contributed by atoms with Gasteiger partial charge in [-0.15, -0.1) is 0 Å². The van der Waals surface area contributed by atoms with Crippen LogP contribution in [0.2, 0.25) is 0 Å². The lowest BCUT2D eigenvalue weighted by Gasteiger charge is -2.17. The molecule has 17 heavy (non-hydrogen) atoms. The molecule has 0 aliphatic rings. The number of halogens is 1. The summed E-state index contributed by atoms with van der Waals surface area (Å²) in [6, 6.07) is 5.86. The van der Waals surface area contributed by atoms with Crippen molar-refractivity contribution in [2.45, 2.75) is 19.4 Å². The van der Waals surface area contributed by atoms with Gasteiger partial charge in [-0.25, -0.2) is 0 Å². The lowest BCUT2D eigenvalue weighted by atomic mass is 10.1. The maximum absolute atomic E-state index is 5.53. The summed E-state index contributed by atoms with van der Waals surface area (Å²) in [7, 11) is 1.64. The molecular formula is C12H19BrN2O2. The number of hydrogen-bond donors (Lipinski definition) is 2. The molecule has 0 bridgehead atoms. The Labute approximate surface area is 111 Å². The van der Waals surface area contributed by atoms with Crippen LogP contribution in [0.5, 0.6) is 5.75 Å². The highest BCUT2D eigenvalue weighted by Gasteiger charge is 2.11. The minimum absolute atomic E-state index is 0.0104. The number of nitrogens with one attached hydrogen (secondary N) is 1. The summed E-state index contributed by atoms with van der Waals surface area (Å²) in [4.78, 5) is 0. The fourth-order valence-corrected chi connectivity index (χ4v) is 2.04. The lowest BCUT2D eigenvalue weighted by molar-refractivity contribution is 0.112. The minimum atomic E-state index is -0.0104. The van der Waals surface area contributed by atoms with Crippen LogP contribution in [-0.2, 0) is 4.74 Å². The van der Waals surface area contributed by atoms with E-state index in [4.69, 9.17) is 15.3 Å². The maximum Gasteiger partial charge on any atom is 0.133 e. The van der Waals surface area contributed by atoms with Crippen molar-refractivity contribution in [1.29, 1.82) is 0 Å². The molecule has 5 heteroatoms. The average molecular weight is 303 g/mol. The third-order valence-corrected chi connectivity index (χ3v) is 3.03. The molecule has 3 N–H and O–H groups in total. The largest absolute Gasteiger partial charge is 0.496 e. The van der Waals surface area contributed by atoms with Crippen LogP contribution in [-0.4, -0.2) is 20.3 Å². The molecule has 0 saturated carbocycles. The first kappa shape index (κ1) is 14.4. The molecule has 0 aromatic heterocycles. The summed E-state index contributed by atoms with van der Waals surface area (Å²) in [5, 5.41) is 0. The monoisotopic (exact) mass is 302 g/mol. The fraction of sp³-hybridized carbons (Fsp3) is 0.500. The average Bonchev–Trinajstić information content (AvgIpc) is 2.35. The Morgan fingerprint density at radius 2 is 2.24 bits per heavy atom. The Kier molecular flexibility index (Phi) is 6.50. The molecular weight excluding hydrogens is 284 g/mol. The molecule has 96 valence electrons. The van der Waals surface area contributed by atoms with Crippen molar-refractivity contribution < 1.29 is 9.47 Å². The number of rotatable bonds is 7. The minimum Gasteiger partial charge on any atom is -0.496 e. The number of benzene rings is 1. The van der Waals surface area contributed by atoms with Crippen molar-refractivity contribution in [3.63, 3.8) is 0 Å². The molecule has 0 heterocycles. The third kappa shape index (κ3) is 4.27. The summed E-state index contributed by atoms with van der Waals surface area (Å²) in [6.07, 6.45) is 1.00. The predicted octanol–water partition coefficient (Wildman–Crippen LogP) is 2.39. The smallest absolute Gasteiger partial charge is 0.133 e. The van der Waals surface area contributed by atoms with Gasteiger partial charge >= 0.3 is 0 Å². The van der Waals surface area contributed by atoms with E-state index < -0.39 is 0 Å². The van der Waals surface area contributed by atoms with Gasteiger partial charge in [0, 0.05) is 6.61 Å². The zero-order valence-electron chi connectivity index (χ0n) is 10.2. The summed E-state index contributed by atoms with van der Waals surface area (Å²) in [5.74, 6) is 6.34. The molecule has 0 radical (unpaired) electrons. The highest BCUT2D eigenvalue weighted by molar-refractivity contribution is 9.10. The molecule has 0 saturated heterocycles. The quantitative estimate of drug-likeness (QED) is 0.461. The molecule has 1 aromatic carbocycles. The molecule has 0 aliphatic carbocycles. The molecule has 0 aliphatic heterocycles. The van der Waals surface area contributed by atoms with E-state index in [-0.39, 0.29) is 6.04 Å². The first-order chi connectivity index (χ1) is 8.22. The predicted molar refractivity (Wildman–Crippen MR) is 71.9 cm³/mol. The Morgan fingerprint density at radius 3 is 2.76 bits per heavy atom. The fourth-order valence-electron chi connectivity index (χ4n) is 1.49. The Morgan fingerprint density at radius 1 is 1.47 bits per heavy atom. The Hall–Kier alpha value is -0.620. The van der Waals surface area contributed by atoms with E-state index in [2.05, 4.69) is 28.3 Å². The van der Waals surface area contributed by atoms with Crippen LogP contribution < -0.4 is 16.0 Å². The third-order valence-electron chi connectivity index (χ3n) is 2.41. The molecule has 0 amide bonds. The molecule has 0 fully saturated rings. The van der Waals surface area contributed by atoms with Gasteiger partial charge in [0.25, 0.3) is 0 Å². The first-order valence-electron chi connectivity index (χ1n) is 5.60. The van der Waals surface area contributed by atoms with E-state index in [1.807, 2.05) is 18.2 Å². The van der Waals surface area contributed by atoms with Gasteiger partial charge in [0.05, 0.1) is 24.2 Å². The molecule has 4 nitrogen and oxygen atoms in total. The second-order valence-electron chi connectivity index (χ2n) is 3.69. The van der Waals surface area contributed by atoms with Gasteiger partial charge < -0.3 is 9.47 Å². The highest BCUT2D eigenvalue weighted by Crippen LogP contribution is 2.27. The van der Waals surface area contributed by atoms with Crippen molar-refractivity contribution in [2.75, 3.05) is 20.3 Å². The molecule has 1 aromatic rings. The number of ether oxygens (including phenoxy) is 2. The van der Waals surface area contributed by atoms with Gasteiger partial charge in [-0.1, -0.05) is 13.0 Å². The molecule has 1 unspecified atom stereocenters. The van der Waals surface area contributed by atoms with E-state index in [9.17, 15) is 0 Å². The van der Waals surface area contributed by atoms with Crippen molar-refractivity contribution in [1.82, 2.24) is 5.43 Å². The van der Waals surface area contributed by atoms with Crippen molar-refractivity contribution in [2.24, 2.45) is 5.84 Å². The van der Waals surface area contributed by atoms with Gasteiger partial charge in [0.1, 0.15) is 5.75 Å². The van der Waals surface area contributed by atoms with Gasteiger partial charge in [-0.2, -0.15) is 0 Å². The van der Waals surface area contributed by atoms with Crippen LogP contribution in [0.15, 0.2) is 22.7 Å². The van der Waals surface area contributed by atoms with E-state index >= 15 is 0 Å². The molecule has 1 rings (SSSR count). The van der Waals surface area contributed by atoms with Crippen molar-refractivity contribution in [3.05, 3.63) is 28.2 Å². The SMILES string of the molecule is CCCOCC(NN)c1ccc(OC)c(Br)c1. The van der Waals surface area contributed by atoms with Crippen LogP contribution in [0.3, 0.4) is 0 Å². The summed E-state index contributed by atoms with van der Waals surface area (Å²) in [5.41, 5.74) is 3.82. The van der Waals surface area contributed by atoms with Crippen molar-refractivity contribution in [3.8, 4) is 5.75 Å². The zero-order valence-corrected chi connectivity index (χ0v) is 11.8. The number of hydrogen-bond acceptors (Lipinski definition) is 4. The summed E-state index contributed by atoms with van der Waals surface area (Å²) < 4.78 is 11.6. The number of nitrogens with two attached hydrogens (primary N) is 1. The van der Waals surface area contributed by atoms with Gasteiger partial charge in [-0.05, 0) is 40.0 Å². The molecule has 0 spiro atoms. The van der Waals surface area contributed by atoms with Crippen molar-refractivity contribution >= 4 is 15.9 Å². The van der Waals surface area contributed by atoms with E-state index in [0.717, 1.165) is 28.8 Å². The Bertz CT molecular complexity index is 347. The van der Waals surface area contributed by atoms with Gasteiger partial charge in [-0.3, -0.25) is 11.3 Å². The highest BCUT2D eigenvalue weighted by atomic mass is 79.9. The van der Waals surface area contributed by atoms with Crippen LogP contribution in [0.1, 0.15) is 24.9 Å². The standard InChI is InChI=1S/C12H19BrN2O2/c1-3-6-17-8-11(15-14)9-4-5-12(16-2)10(13)7-9/h4-5,7,11,15H,3,6,8,14H2,1-2H3. The Balaban J connectivity index is 2.71. The van der Waals surface area contributed by atoms with Crippen LogP contribution in [0.4, 0.5) is 0 Å². The molecule has 1 atom stereocenters. The van der Waals surface area contributed by atoms with Crippen LogP contribution >= 0.6 is 15.9 Å². The van der Waals surface area contributed by atoms with Gasteiger partial charge in [0.2, 0.25) is 0 Å². The number of methoxy groups -OCH3 is 1.